The number of pyridine rings is 2. The lowest BCUT2D eigenvalue weighted by Crippen LogP contribution is -3.00. The molecule has 6 heterocycles. The summed E-state index contributed by atoms with van der Waals surface area (Å²) in [6.07, 6.45) is 5.86. The molecule has 0 unspecified atom stereocenters. The van der Waals surface area contributed by atoms with E-state index in [4.69, 9.17) is 37.9 Å². The summed E-state index contributed by atoms with van der Waals surface area (Å²) < 4.78 is 52.5. The van der Waals surface area contributed by atoms with Crippen LogP contribution in [-0.2, 0) is 45.0 Å². The average Bonchev–Trinajstić information content (AvgIpc) is 3.95. The minimum atomic E-state index is -0.410. The Bertz CT molecular complexity index is 2680. The van der Waals surface area contributed by atoms with Crippen LogP contribution >= 0.6 is 15.9 Å². The van der Waals surface area contributed by atoms with Crippen molar-refractivity contribution in [1.29, 1.82) is 0 Å². The fourth-order valence-corrected chi connectivity index (χ4v) is 7.98. The van der Waals surface area contributed by atoms with Gasteiger partial charge in [0.2, 0.25) is 25.0 Å². The number of ether oxygens (including phenoxy) is 9. The number of methoxy groups -OCH3 is 2. The number of phenols is 1. The van der Waals surface area contributed by atoms with Crippen LogP contribution in [0, 0.1) is 0 Å². The number of hydrogen-bond acceptors (Lipinski definition) is 12. The van der Waals surface area contributed by atoms with Crippen LogP contribution < -0.4 is 67.1 Å². The Morgan fingerprint density at radius 3 is 1.63 bits per heavy atom. The normalized spacial score (nSPS) is 12.8. The first kappa shape index (κ1) is 46.6. The van der Waals surface area contributed by atoms with E-state index in [0.29, 0.717) is 35.8 Å². The number of carbonyl (C=O) groups is 2. The molecule has 0 spiro atoms. The van der Waals surface area contributed by atoms with Gasteiger partial charge in [0.15, 0.2) is 78.1 Å². The number of carbonyl (C=O) groups excluding carboxylic acids is 2. The van der Waals surface area contributed by atoms with Crippen molar-refractivity contribution in [3.05, 3.63) is 84.2 Å². The molecule has 0 radical (unpaired) electrons. The van der Waals surface area contributed by atoms with Gasteiger partial charge in [0.05, 0.1) is 49.3 Å². The fourth-order valence-electron chi connectivity index (χ4n) is 7.81. The van der Waals surface area contributed by atoms with Crippen LogP contribution in [0.5, 0.6) is 46.0 Å². The van der Waals surface area contributed by atoms with E-state index in [1.807, 2.05) is 24.4 Å². The van der Waals surface area contributed by atoms with E-state index < -0.39 is 5.97 Å². The van der Waals surface area contributed by atoms with Crippen LogP contribution in [0.4, 0.5) is 0 Å². The first-order valence-corrected chi connectivity index (χ1v) is 21.0. The predicted molar refractivity (Wildman–Crippen MR) is 226 cm³/mol. The molecule has 0 bridgehead atoms. The summed E-state index contributed by atoms with van der Waals surface area (Å²) in [6, 6.07) is 20.1. The second-order valence-corrected chi connectivity index (χ2v) is 14.7. The standard InChI is InChI=1S/C23H22NO6.C19H15NO4.C4H7BrO2.2ClH/c1-3-27-22(25)12-28-23-17-11-24-7-6-15-9-20-21(30-13-29-20)10-16(15)18(24)8-14(17)4-5-19(23)26-2;1-22-16-3-2-11-6-15-13-8-18-17(23-10-24-18)7-12(13)4-5-20(15)9-14(11)19(16)21;1-2-7-4(6)3-5;;/h4-5,8-11H,3,6-7,12-13H2,1-2H3;2-3,6-9H,4-5,10H2,1H3;2-3H2,1H3;2*1H/q+1;;;;/p-1. The highest BCUT2D eigenvalue weighted by Crippen LogP contribution is 2.43. The molecule has 1 N–H and O–H groups in total. The number of aromatic hydroxyl groups is 1. The maximum Gasteiger partial charge on any atom is 0.344 e. The Balaban J connectivity index is 0.000000180. The number of rotatable bonds is 8. The molecule has 6 aromatic rings. The van der Waals surface area contributed by atoms with Crippen LogP contribution in [-0.4, -0.2) is 70.0 Å². The summed E-state index contributed by atoms with van der Waals surface area (Å²) in [5.41, 5.74) is 7.01. The Morgan fingerprint density at radius 2 is 1.14 bits per heavy atom. The largest absolute Gasteiger partial charge is 1.00 e. The van der Waals surface area contributed by atoms with E-state index in [9.17, 15) is 14.7 Å². The number of hydrogen-bond donors (Lipinski definition) is 1. The Labute approximate surface area is 384 Å². The number of halogens is 3. The summed E-state index contributed by atoms with van der Waals surface area (Å²) in [5, 5.41) is 14.3. The highest BCUT2D eigenvalue weighted by molar-refractivity contribution is 9.09. The monoisotopic (exact) mass is 966 g/mol. The molecule has 4 aliphatic rings. The van der Waals surface area contributed by atoms with E-state index in [0.717, 1.165) is 93.0 Å². The highest BCUT2D eigenvalue weighted by atomic mass is 79.9. The molecule has 0 fully saturated rings. The third kappa shape index (κ3) is 9.55. The molecule has 332 valence electrons. The lowest BCUT2D eigenvalue weighted by molar-refractivity contribution is -0.686. The Kier molecular flexibility index (Phi) is 15.2. The van der Waals surface area contributed by atoms with Gasteiger partial charge in [-0.25, -0.2) is 4.79 Å². The number of fused-ring (bicyclic) bond motifs is 10. The highest BCUT2D eigenvalue weighted by Gasteiger charge is 2.30. The number of nitrogens with zero attached hydrogens (tertiary/aromatic N) is 2. The van der Waals surface area contributed by atoms with Crippen LogP contribution in [0.3, 0.4) is 0 Å². The lowest BCUT2D eigenvalue weighted by atomic mass is 9.95. The number of aryl methyl sites for hydroxylation is 4. The van der Waals surface area contributed by atoms with Gasteiger partial charge in [0, 0.05) is 25.0 Å². The second-order valence-electron chi connectivity index (χ2n) is 14.2. The van der Waals surface area contributed by atoms with Gasteiger partial charge in [-0.15, -0.1) is 0 Å². The van der Waals surface area contributed by atoms with Crippen molar-refractivity contribution >= 4 is 49.4 Å². The van der Waals surface area contributed by atoms with E-state index in [1.165, 1.54) is 11.1 Å². The van der Waals surface area contributed by atoms with Gasteiger partial charge in [0.1, 0.15) is 5.33 Å². The minimum Gasteiger partial charge on any atom is -1.00 e. The van der Waals surface area contributed by atoms with Crippen molar-refractivity contribution in [2.24, 2.45) is 0 Å². The first-order valence-electron chi connectivity index (χ1n) is 19.9. The van der Waals surface area contributed by atoms with Gasteiger partial charge >= 0.3 is 11.9 Å². The van der Waals surface area contributed by atoms with Gasteiger partial charge in [0.25, 0.3) is 0 Å². The van der Waals surface area contributed by atoms with Crippen molar-refractivity contribution in [1.82, 2.24) is 0 Å². The van der Waals surface area contributed by atoms with E-state index in [2.05, 4.69) is 72.4 Å². The topological polar surface area (TPSA) is 145 Å². The van der Waals surface area contributed by atoms with Crippen LogP contribution in [0.25, 0.3) is 44.1 Å². The number of alkyl halides is 1. The molecular formula is C46H45BrCl2N2O12. The fraction of sp³-hybridized carbons (Fsp3) is 0.304. The van der Waals surface area contributed by atoms with E-state index in [1.54, 1.807) is 34.1 Å². The molecule has 2 aromatic heterocycles. The Morgan fingerprint density at radius 1 is 0.667 bits per heavy atom. The summed E-state index contributed by atoms with van der Waals surface area (Å²) in [7, 11) is 3.15. The number of phenolic OH excluding ortho intramolecular Hbond substituents is 1. The molecular weight excluding hydrogens is 923 g/mol. The predicted octanol–water partition coefficient (Wildman–Crippen LogP) is 0.775. The van der Waals surface area contributed by atoms with Crippen molar-refractivity contribution < 1.29 is 91.3 Å². The second kappa shape index (κ2) is 20.5. The van der Waals surface area contributed by atoms with Crippen LogP contribution in [0.1, 0.15) is 25.0 Å². The molecule has 0 saturated carbocycles. The van der Waals surface area contributed by atoms with Crippen molar-refractivity contribution in [2.45, 2.75) is 39.8 Å². The zero-order valence-corrected chi connectivity index (χ0v) is 38.1. The van der Waals surface area contributed by atoms with Crippen molar-refractivity contribution in [2.75, 3.05) is 53.0 Å². The van der Waals surface area contributed by atoms with Gasteiger partial charge in [-0.05, 0) is 84.3 Å². The minimum absolute atomic E-state index is 0. The SMILES string of the molecule is CCOC(=O)CBr.CCOC(=O)COc1c(OC)ccc2cc3[n+](cc12)CCc1cc2c(cc1-3)OCO2.COc1ccc2cc3[n+](cc2c1O)CCc1cc2c(cc1-3)OCO2.[Cl-].[Cl-]. The van der Waals surface area contributed by atoms with Gasteiger partial charge in [-0.2, -0.15) is 9.13 Å². The van der Waals surface area contributed by atoms with Crippen LogP contribution in [0.15, 0.2) is 73.1 Å². The lowest BCUT2D eigenvalue weighted by Gasteiger charge is -2.17. The molecule has 10 rings (SSSR count). The molecule has 0 saturated heterocycles. The average molecular weight is 969 g/mol. The van der Waals surface area contributed by atoms with Gasteiger partial charge in [-0.1, -0.05) is 15.9 Å². The molecule has 4 aliphatic heterocycles. The van der Waals surface area contributed by atoms with E-state index in [-0.39, 0.29) is 56.7 Å². The first-order chi connectivity index (χ1) is 29.7. The van der Waals surface area contributed by atoms with Crippen LogP contribution in [0.2, 0.25) is 0 Å². The molecule has 0 amide bonds. The molecule has 17 heteroatoms. The molecule has 0 aliphatic carbocycles. The number of esters is 2. The third-order valence-corrected chi connectivity index (χ3v) is 11.1. The summed E-state index contributed by atoms with van der Waals surface area (Å²) in [6.45, 7) is 6.38. The third-order valence-electron chi connectivity index (χ3n) is 10.7. The van der Waals surface area contributed by atoms with Gasteiger partial charge < -0.3 is 72.6 Å². The molecule has 4 aromatic carbocycles. The molecule has 63 heavy (non-hydrogen) atoms. The summed E-state index contributed by atoms with van der Waals surface area (Å²) in [5.74, 6) is 4.36. The summed E-state index contributed by atoms with van der Waals surface area (Å²) in [4.78, 5) is 21.9. The van der Waals surface area contributed by atoms with E-state index >= 15 is 0 Å². The molecule has 14 nitrogen and oxygen atoms in total. The quantitative estimate of drug-likeness (QED) is 0.131. The maximum absolute atomic E-state index is 11.8. The molecule has 0 atom stereocenters. The summed E-state index contributed by atoms with van der Waals surface area (Å²) >= 11 is 2.94. The number of benzene rings is 4. The smallest absolute Gasteiger partial charge is 0.344 e. The van der Waals surface area contributed by atoms with Crippen molar-refractivity contribution in [3.63, 3.8) is 0 Å². The zero-order chi connectivity index (χ0) is 42.6. The Hall–Kier alpha value is -5.90. The van der Waals surface area contributed by atoms with Crippen molar-refractivity contribution in [3.8, 4) is 68.5 Å². The number of aromatic nitrogens is 2. The maximum atomic E-state index is 11.8. The van der Waals surface area contributed by atoms with Gasteiger partial charge in [-0.3, -0.25) is 4.79 Å². The zero-order valence-electron chi connectivity index (χ0n) is 35.0.